The highest BCUT2D eigenvalue weighted by molar-refractivity contribution is 8.15. The second-order valence-corrected chi connectivity index (χ2v) is 9.25. The van der Waals surface area contributed by atoms with Crippen LogP contribution in [0.4, 0.5) is 14.6 Å². The lowest BCUT2D eigenvalue weighted by molar-refractivity contribution is 0.355. The Balaban J connectivity index is 1.52. The zero-order chi connectivity index (χ0) is 24.5. The molecule has 7 nitrogen and oxygen atoms in total. The van der Waals surface area contributed by atoms with Crippen molar-refractivity contribution < 1.29 is 13.5 Å². The minimum atomic E-state index is -1.12. The Morgan fingerprint density at radius 2 is 2.21 bits per heavy atom. The molecule has 4 rings (SSSR count). The number of fused-ring (bicyclic) bond motifs is 2. The Hall–Kier alpha value is -3.71. The zero-order valence-corrected chi connectivity index (χ0v) is 19.4. The number of amidine groups is 1. The highest BCUT2D eigenvalue weighted by Gasteiger charge is 2.58. The second kappa shape index (κ2) is 8.91. The predicted molar refractivity (Wildman–Crippen MR) is 132 cm³/mol. The molecule has 0 saturated carbocycles. The summed E-state index contributed by atoms with van der Waals surface area (Å²) < 4.78 is 33.1. The van der Waals surface area contributed by atoms with Crippen molar-refractivity contribution in [1.82, 2.24) is 15.0 Å². The van der Waals surface area contributed by atoms with Crippen molar-refractivity contribution in [2.24, 2.45) is 10.7 Å². The largest absolute Gasteiger partial charge is 0.463 e. The summed E-state index contributed by atoms with van der Waals surface area (Å²) >= 11 is 1.14. The van der Waals surface area contributed by atoms with E-state index in [4.69, 9.17) is 16.9 Å². The number of alkyl halides is 1. The van der Waals surface area contributed by atoms with Crippen molar-refractivity contribution in [3.8, 4) is 18.2 Å². The number of thioether (sulfide) groups is 1. The first-order valence-electron chi connectivity index (χ1n) is 10.3. The van der Waals surface area contributed by atoms with Gasteiger partial charge in [-0.15, -0.1) is 6.42 Å². The van der Waals surface area contributed by atoms with Gasteiger partial charge in [-0.2, -0.15) is 0 Å². The molecule has 2 aromatic heterocycles. The number of nitrogens with two attached hydrogens (primary N) is 1. The van der Waals surface area contributed by atoms with Gasteiger partial charge < -0.3 is 15.8 Å². The fourth-order valence-corrected chi connectivity index (χ4v) is 4.80. The first-order chi connectivity index (χ1) is 16.2. The van der Waals surface area contributed by atoms with Gasteiger partial charge in [-0.3, -0.25) is 0 Å². The standard InChI is InChI=1S/C24H22F2N6OS/c1-5-10-33-19-12-29-20-17(31-19)8-9-28-21(20)30-14(2)6-7-16(26)15(3)23(4)18-11-24(18,13-25)34-22(27)32-23/h1,6-9,11-12H,3,10,13H2,2,4H3,(H2,27,32)(H,28,30)/b14-6+,16-7+/t23-,24-/m1/s1. The summed E-state index contributed by atoms with van der Waals surface area (Å²) in [6, 6.07) is 1.69. The molecular weight excluding hydrogens is 458 g/mol. The molecule has 10 heteroatoms. The lowest BCUT2D eigenvalue weighted by Crippen LogP contribution is -2.38. The Kier molecular flexibility index (Phi) is 6.15. The summed E-state index contributed by atoms with van der Waals surface area (Å²) in [4.78, 5) is 17.3. The monoisotopic (exact) mass is 480 g/mol. The minimum Gasteiger partial charge on any atom is -0.463 e. The first-order valence-corrected chi connectivity index (χ1v) is 11.1. The van der Waals surface area contributed by atoms with Gasteiger partial charge in [-0.05, 0) is 37.6 Å². The van der Waals surface area contributed by atoms with Crippen molar-refractivity contribution in [2.45, 2.75) is 24.1 Å². The molecule has 0 fully saturated rings. The highest BCUT2D eigenvalue weighted by atomic mass is 32.2. The van der Waals surface area contributed by atoms with E-state index in [1.54, 1.807) is 32.2 Å². The van der Waals surface area contributed by atoms with Gasteiger partial charge >= 0.3 is 0 Å². The van der Waals surface area contributed by atoms with Crippen molar-refractivity contribution in [3.05, 3.63) is 65.9 Å². The van der Waals surface area contributed by atoms with Crippen LogP contribution in [0.2, 0.25) is 0 Å². The number of aromatic nitrogens is 3. The number of rotatable bonds is 8. The van der Waals surface area contributed by atoms with E-state index in [0.717, 1.165) is 11.8 Å². The second-order valence-electron chi connectivity index (χ2n) is 7.90. The van der Waals surface area contributed by atoms with Crippen LogP contribution in [0.1, 0.15) is 13.8 Å². The van der Waals surface area contributed by atoms with Gasteiger partial charge in [0, 0.05) is 17.5 Å². The SMILES string of the molecule is C#CCOc1cnc2c(N/C(C)=C/C=C(/F)C(=C)[C@@]3(C)N=C(N)S[C@@]4(CF)C=C34)nccc2n1. The van der Waals surface area contributed by atoms with Crippen LogP contribution in [0.3, 0.4) is 0 Å². The van der Waals surface area contributed by atoms with Crippen LogP contribution in [-0.4, -0.2) is 43.7 Å². The third-order valence-corrected chi connectivity index (χ3v) is 6.62. The van der Waals surface area contributed by atoms with Crippen LogP contribution in [-0.2, 0) is 0 Å². The molecular formula is C24H22F2N6OS. The van der Waals surface area contributed by atoms with E-state index in [2.05, 4.69) is 37.8 Å². The van der Waals surface area contributed by atoms with Gasteiger partial charge in [0.2, 0.25) is 5.88 Å². The van der Waals surface area contributed by atoms with Crippen LogP contribution in [0.5, 0.6) is 5.88 Å². The summed E-state index contributed by atoms with van der Waals surface area (Å²) in [5, 5.41) is 3.30. The number of halogens is 2. The molecule has 1 aliphatic heterocycles. The molecule has 2 aliphatic rings. The Labute approximate surface area is 200 Å². The lowest BCUT2D eigenvalue weighted by Gasteiger charge is -2.33. The van der Waals surface area contributed by atoms with Gasteiger partial charge in [0.05, 0.1) is 16.5 Å². The number of hydrogen-bond donors (Lipinski definition) is 2. The maximum absolute atomic E-state index is 15.1. The van der Waals surface area contributed by atoms with Crippen molar-refractivity contribution in [3.63, 3.8) is 0 Å². The van der Waals surface area contributed by atoms with Gasteiger partial charge in [0.1, 0.15) is 23.6 Å². The van der Waals surface area contributed by atoms with E-state index >= 15 is 4.39 Å². The summed E-state index contributed by atoms with van der Waals surface area (Å²) in [5.74, 6) is 2.53. The molecule has 0 radical (unpaired) electrons. The normalized spacial score (nSPS) is 24.0. The summed E-state index contributed by atoms with van der Waals surface area (Å²) in [6.45, 7) is 6.77. The zero-order valence-electron chi connectivity index (χ0n) is 18.6. The third kappa shape index (κ3) is 4.26. The minimum absolute atomic E-state index is 0.0866. The van der Waals surface area contributed by atoms with Crippen LogP contribution in [0.25, 0.3) is 11.0 Å². The fourth-order valence-electron chi connectivity index (χ4n) is 3.66. The number of aliphatic imine (C=N–C) groups is 1. The average molecular weight is 481 g/mol. The van der Waals surface area contributed by atoms with Crippen molar-refractivity contribution in [1.29, 1.82) is 0 Å². The average Bonchev–Trinajstić information content (AvgIpc) is 3.56. The Morgan fingerprint density at radius 3 is 2.94 bits per heavy atom. The van der Waals surface area contributed by atoms with Gasteiger partial charge in [0.15, 0.2) is 17.6 Å². The van der Waals surface area contributed by atoms with Crippen LogP contribution >= 0.6 is 11.8 Å². The molecule has 0 aromatic carbocycles. The number of hydrogen-bond acceptors (Lipinski definition) is 8. The molecule has 174 valence electrons. The fraction of sp³-hybridized carbons (Fsp3) is 0.250. The van der Waals surface area contributed by atoms with E-state index < -0.39 is 22.8 Å². The number of terminal acetylenes is 1. The highest BCUT2D eigenvalue weighted by Crippen LogP contribution is 2.59. The number of nitrogens with zero attached hydrogens (tertiary/aromatic N) is 4. The molecule has 0 bridgehead atoms. The smallest absolute Gasteiger partial charge is 0.233 e. The maximum atomic E-state index is 15.1. The van der Waals surface area contributed by atoms with E-state index in [1.807, 2.05) is 0 Å². The van der Waals surface area contributed by atoms with E-state index in [-0.39, 0.29) is 17.3 Å². The van der Waals surface area contributed by atoms with Crippen molar-refractivity contribution >= 4 is 33.8 Å². The van der Waals surface area contributed by atoms with Crippen molar-refractivity contribution in [2.75, 3.05) is 18.6 Å². The van der Waals surface area contributed by atoms with Crippen LogP contribution in [0.15, 0.2) is 70.9 Å². The van der Waals surface area contributed by atoms with E-state index in [9.17, 15) is 4.39 Å². The first kappa shape index (κ1) is 23.4. The molecule has 2 aromatic rings. The number of ether oxygens (including phenoxy) is 1. The van der Waals surface area contributed by atoms with Gasteiger partial charge in [0.25, 0.3) is 0 Å². The van der Waals surface area contributed by atoms with E-state index in [1.165, 1.54) is 18.3 Å². The quantitative estimate of drug-likeness (QED) is 0.331. The summed E-state index contributed by atoms with van der Waals surface area (Å²) in [7, 11) is 0. The Bertz CT molecular complexity index is 1340. The van der Waals surface area contributed by atoms with E-state index in [0.29, 0.717) is 34.0 Å². The Morgan fingerprint density at radius 1 is 1.41 bits per heavy atom. The maximum Gasteiger partial charge on any atom is 0.233 e. The molecule has 0 unspecified atom stereocenters. The molecule has 34 heavy (non-hydrogen) atoms. The third-order valence-electron chi connectivity index (χ3n) is 5.51. The number of anilines is 1. The predicted octanol–water partition coefficient (Wildman–Crippen LogP) is 4.23. The molecule has 1 aliphatic carbocycles. The lowest BCUT2D eigenvalue weighted by atomic mass is 9.87. The molecule has 2 atom stereocenters. The molecule has 0 saturated heterocycles. The number of nitrogens with one attached hydrogen (secondary N) is 1. The number of pyridine rings is 1. The van der Waals surface area contributed by atoms with Gasteiger partial charge in [-0.25, -0.2) is 28.7 Å². The topological polar surface area (TPSA) is 98.3 Å². The molecule has 3 heterocycles. The van der Waals surface area contributed by atoms with Gasteiger partial charge in [-0.1, -0.05) is 30.3 Å². The van der Waals surface area contributed by atoms with Crippen LogP contribution < -0.4 is 15.8 Å². The molecule has 3 N–H and O–H groups in total. The van der Waals surface area contributed by atoms with Crippen LogP contribution in [0, 0.1) is 12.3 Å². The number of allylic oxidation sites excluding steroid dienone is 3. The summed E-state index contributed by atoms with van der Waals surface area (Å²) in [5.41, 5.74) is 7.21. The summed E-state index contributed by atoms with van der Waals surface area (Å²) in [6.07, 6.45) is 12.8. The molecule has 0 spiro atoms. The molecule has 0 amide bonds.